The number of amides is 1. The first-order valence-corrected chi connectivity index (χ1v) is 16.6. The third-order valence-electron chi connectivity index (χ3n) is 10.2. The number of nitrogens with one attached hydrogen (secondary N) is 2. The summed E-state index contributed by atoms with van der Waals surface area (Å²) in [5.41, 5.74) is 2.37. The van der Waals surface area contributed by atoms with Crippen LogP contribution in [0, 0.1) is 11.8 Å². The second-order valence-corrected chi connectivity index (χ2v) is 13.7. The topological polar surface area (TPSA) is 120 Å². The lowest BCUT2D eigenvalue weighted by Crippen LogP contribution is -2.47. The van der Waals surface area contributed by atoms with Crippen LogP contribution >= 0.6 is 0 Å². The summed E-state index contributed by atoms with van der Waals surface area (Å²) in [4.78, 5) is 18.9. The monoisotopic (exact) mass is 615 g/mol. The van der Waals surface area contributed by atoms with Gasteiger partial charge in [0.15, 0.2) is 0 Å². The number of carbonyl (C=O) groups excluding carboxylic acids is 1. The first kappa shape index (κ1) is 30.1. The molecule has 240 valence electrons. The summed E-state index contributed by atoms with van der Waals surface area (Å²) in [5.74, 6) is 2.34. The number of furan rings is 1. The molecule has 3 heterocycles. The number of aliphatic hydroxyl groups excluding tert-OH is 1. The summed E-state index contributed by atoms with van der Waals surface area (Å²) >= 11 is 0. The van der Waals surface area contributed by atoms with Crippen molar-refractivity contribution in [3.63, 3.8) is 0 Å². The molecular weight excluding hydrogens is 570 g/mol. The maximum absolute atomic E-state index is 13.3. The van der Waals surface area contributed by atoms with Crippen LogP contribution in [0.5, 0.6) is 11.5 Å². The lowest BCUT2D eigenvalue weighted by Gasteiger charge is -2.39. The quantitative estimate of drug-likeness (QED) is 0.169. The van der Waals surface area contributed by atoms with E-state index < -0.39 is 5.60 Å². The van der Waals surface area contributed by atoms with E-state index in [9.17, 15) is 15.0 Å². The number of hydrogen-bond donors (Lipinski definition) is 4. The molecule has 2 saturated carbocycles. The molecule has 1 saturated heterocycles. The fourth-order valence-electron chi connectivity index (χ4n) is 6.90. The Hall–Kier alpha value is -3.53. The van der Waals surface area contributed by atoms with Crippen molar-refractivity contribution >= 4 is 27.8 Å². The Morgan fingerprint density at radius 2 is 1.93 bits per heavy atom. The van der Waals surface area contributed by atoms with E-state index in [1.54, 1.807) is 6.26 Å². The van der Waals surface area contributed by atoms with Crippen LogP contribution in [0.25, 0.3) is 21.9 Å². The molecule has 4 aromatic rings. The van der Waals surface area contributed by atoms with Crippen LogP contribution in [0.1, 0.15) is 74.3 Å². The van der Waals surface area contributed by atoms with Crippen molar-refractivity contribution in [1.82, 2.24) is 15.2 Å². The molecule has 3 fully saturated rings. The van der Waals surface area contributed by atoms with E-state index in [-0.39, 0.29) is 24.0 Å². The first-order valence-electron chi connectivity index (χ1n) is 16.6. The molecule has 2 aliphatic carbocycles. The minimum Gasteiger partial charge on any atom is -0.493 e. The number of likely N-dealkylation sites (tertiary alicyclic amines) is 1. The summed E-state index contributed by atoms with van der Waals surface area (Å²) in [7, 11) is 0. The highest BCUT2D eigenvalue weighted by atomic mass is 16.5. The normalized spacial score (nSPS) is 25.9. The predicted molar refractivity (Wildman–Crippen MR) is 173 cm³/mol. The van der Waals surface area contributed by atoms with Crippen molar-refractivity contribution < 1.29 is 28.9 Å². The molecule has 2 atom stereocenters. The van der Waals surface area contributed by atoms with E-state index in [1.165, 1.54) is 12.8 Å². The van der Waals surface area contributed by atoms with E-state index >= 15 is 0 Å². The van der Waals surface area contributed by atoms with Crippen molar-refractivity contribution in [2.24, 2.45) is 11.8 Å². The Morgan fingerprint density at radius 1 is 1.09 bits per heavy atom. The number of piperidine rings is 1. The van der Waals surface area contributed by atoms with Gasteiger partial charge in [-0.15, -0.1) is 0 Å². The summed E-state index contributed by atoms with van der Waals surface area (Å²) in [5, 5.41) is 26.3. The van der Waals surface area contributed by atoms with Crippen LogP contribution in [0.4, 0.5) is 0 Å². The number of carbonyl (C=O) groups is 1. The Balaban J connectivity index is 0.926. The van der Waals surface area contributed by atoms with Gasteiger partial charge in [0.1, 0.15) is 29.4 Å². The molecule has 7 rings (SSSR count). The van der Waals surface area contributed by atoms with Gasteiger partial charge in [-0.3, -0.25) is 4.79 Å². The van der Waals surface area contributed by atoms with Crippen LogP contribution in [0.3, 0.4) is 0 Å². The van der Waals surface area contributed by atoms with E-state index in [0.29, 0.717) is 36.8 Å². The third kappa shape index (κ3) is 7.00. The number of H-pyrrole nitrogens is 1. The second kappa shape index (κ2) is 12.7. The smallest absolute Gasteiger partial charge is 0.267 e. The molecule has 2 aromatic heterocycles. The molecule has 0 bridgehead atoms. The number of fused-ring (bicyclic) bond motifs is 2. The van der Waals surface area contributed by atoms with Crippen LogP contribution in [-0.4, -0.2) is 70.0 Å². The molecule has 1 amide bonds. The lowest BCUT2D eigenvalue weighted by atomic mass is 9.80. The van der Waals surface area contributed by atoms with Crippen molar-refractivity contribution in [3.8, 4) is 11.5 Å². The molecule has 0 unspecified atom stereocenters. The number of rotatable bonds is 11. The Bertz CT molecular complexity index is 1630. The number of benzene rings is 2. The molecule has 9 nitrogen and oxygen atoms in total. The summed E-state index contributed by atoms with van der Waals surface area (Å²) in [6, 6.07) is 13.6. The van der Waals surface area contributed by atoms with E-state index in [4.69, 9.17) is 13.9 Å². The van der Waals surface area contributed by atoms with Gasteiger partial charge in [0.2, 0.25) is 0 Å². The van der Waals surface area contributed by atoms with Gasteiger partial charge in [-0.25, -0.2) is 0 Å². The Morgan fingerprint density at radius 3 is 2.73 bits per heavy atom. The number of aliphatic hydroxyl groups is 2. The standard InChI is InChI=1S/C36H45N3O6/c1-23-19-39(15-11-32(23)40)16-14-36(42)12-9-26(10-13-36)37-35(41)31-18-29-30(38-31)3-2-4-33(29)44-21-25-22-45-34-17-27(7-8-28(25)34)43-20-24-5-6-24/h2-4,7-8,17-18,22-24,26,32,38,40,42H,5-6,9-16,19-21H2,1H3,(H,37,41)/t23-,26?,32-,36?/m0/s1. The van der Waals surface area contributed by atoms with Gasteiger partial charge < -0.3 is 39.3 Å². The van der Waals surface area contributed by atoms with Gasteiger partial charge in [0.05, 0.1) is 24.6 Å². The highest BCUT2D eigenvalue weighted by Crippen LogP contribution is 2.34. The maximum Gasteiger partial charge on any atom is 0.267 e. The highest BCUT2D eigenvalue weighted by Gasteiger charge is 2.35. The number of nitrogens with zero attached hydrogens (tertiary/aromatic N) is 1. The Kier molecular flexibility index (Phi) is 8.50. The van der Waals surface area contributed by atoms with Gasteiger partial charge in [0, 0.05) is 53.6 Å². The molecule has 0 spiro atoms. The van der Waals surface area contributed by atoms with Gasteiger partial charge in [-0.05, 0) is 93.5 Å². The second-order valence-electron chi connectivity index (χ2n) is 13.7. The maximum atomic E-state index is 13.3. The lowest BCUT2D eigenvalue weighted by molar-refractivity contribution is -0.0272. The molecular formula is C36H45N3O6. The van der Waals surface area contributed by atoms with Crippen LogP contribution in [0.2, 0.25) is 0 Å². The number of hydrogen-bond acceptors (Lipinski definition) is 7. The zero-order valence-corrected chi connectivity index (χ0v) is 26.1. The molecule has 45 heavy (non-hydrogen) atoms. The first-order chi connectivity index (χ1) is 21.8. The van der Waals surface area contributed by atoms with E-state index in [2.05, 4.69) is 22.1 Å². The van der Waals surface area contributed by atoms with Gasteiger partial charge in [-0.2, -0.15) is 0 Å². The fraction of sp³-hybridized carbons (Fsp3) is 0.528. The molecule has 9 heteroatoms. The third-order valence-corrected chi connectivity index (χ3v) is 10.2. The molecule has 1 aliphatic heterocycles. The van der Waals surface area contributed by atoms with Crippen LogP contribution in [-0.2, 0) is 6.61 Å². The number of ether oxygens (including phenoxy) is 2. The van der Waals surface area contributed by atoms with E-state index in [0.717, 1.165) is 85.1 Å². The van der Waals surface area contributed by atoms with Gasteiger partial charge >= 0.3 is 0 Å². The minimum absolute atomic E-state index is 0.0269. The average molecular weight is 616 g/mol. The SMILES string of the molecule is C[C@H]1CN(CCC2(O)CCC(NC(=O)c3cc4c(OCc5coc6cc(OCC7CC7)ccc56)cccc4[nH]3)CC2)CC[C@@H]1O. The minimum atomic E-state index is -0.694. The summed E-state index contributed by atoms with van der Waals surface area (Å²) in [6.07, 6.45) is 8.39. The van der Waals surface area contributed by atoms with Crippen molar-refractivity contribution in [2.45, 2.75) is 82.6 Å². The molecule has 3 aliphatic rings. The number of aromatic amines is 1. The van der Waals surface area contributed by atoms with Gasteiger partial charge in [0.25, 0.3) is 5.91 Å². The van der Waals surface area contributed by atoms with Crippen molar-refractivity contribution in [3.05, 3.63) is 60.0 Å². The number of aromatic nitrogens is 1. The Labute approximate surface area is 263 Å². The van der Waals surface area contributed by atoms with Crippen molar-refractivity contribution in [1.29, 1.82) is 0 Å². The van der Waals surface area contributed by atoms with E-state index in [1.807, 2.05) is 42.5 Å². The molecule has 0 radical (unpaired) electrons. The summed E-state index contributed by atoms with van der Waals surface area (Å²) in [6.45, 7) is 5.80. The van der Waals surface area contributed by atoms with Crippen LogP contribution < -0.4 is 14.8 Å². The van der Waals surface area contributed by atoms with Crippen molar-refractivity contribution in [2.75, 3.05) is 26.2 Å². The molecule has 4 N–H and O–H groups in total. The predicted octanol–water partition coefficient (Wildman–Crippen LogP) is 5.78. The average Bonchev–Trinajstić information content (AvgIpc) is 3.62. The highest BCUT2D eigenvalue weighted by molar-refractivity contribution is 5.99. The summed E-state index contributed by atoms with van der Waals surface area (Å²) < 4.78 is 18.0. The fourth-order valence-corrected chi connectivity index (χ4v) is 6.90. The largest absolute Gasteiger partial charge is 0.493 e. The molecule has 2 aromatic carbocycles. The van der Waals surface area contributed by atoms with Crippen LogP contribution in [0.15, 0.2) is 53.1 Å². The zero-order chi connectivity index (χ0) is 31.0. The zero-order valence-electron chi connectivity index (χ0n) is 26.1. The van der Waals surface area contributed by atoms with Gasteiger partial charge in [-0.1, -0.05) is 13.0 Å².